The largest absolute Gasteiger partial charge is 0.462 e. The maximum absolute atomic E-state index is 12.6. The van der Waals surface area contributed by atoms with Gasteiger partial charge in [-0.05, 0) is 79.6 Å². The lowest BCUT2D eigenvalue weighted by atomic mass is 9.87. The summed E-state index contributed by atoms with van der Waals surface area (Å²) < 4.78 is 17.0. The van der Waals surface area contributed by atoms with Crippen LogP contribution >= 0.6 is 0 Å². The number of ether oxygens (including phenoxy) is 3. The van der Waals surface area contributed by atoms with Crippen LogP contribution < -0.4 is 16.2 Å². The summed E-state index contributed by atoms with van der Waals surface area (Å²) in [4.78, 5) is 24.8. The van der Waals surface area contributed by atoms with Crippen molar-refractivity contribution in [2.75, 3.05) is 24.7 Å². The molecule has 3 rings (SSSR count). The zero-order chi connectivity index (χ0) is 28.0. The lowest BCUT2D eigenvalue weighted by molar-refractivity contribution is -0.141. The standard InChI is InChI=1S/C32H44N2O5/c1-3-4-5-6-7-18-37-29-15-11-25(12-16-29)32(36)39-30-13-8-24(9-14-30)10-17-31(35)38-22-23(2)26-19-27(33)21-28(34)20-26/h8-10,13-14,17,19-21,23,25,29H,3-7,11-12,15-16,18,22,33-34H2,1-2H3. The van der Waals surface area contributed by atoms with Crippen molar-refractivity contribution in [1.29, 1.82) is 0 Å². The Hall–Kier alpha value is -3.32. The molecule has 7 heteroatoms. The van der Waals surface area contributed by atoms with Gasteiger partial charge in [-0.1, -0.05) is 51.7 Å². The number of unbranched alkanes of at least 4 members (excludes halogenated alkanes) is 4. The van der Waals surface area contributed by atoms with E-state index < -0.39 is 5.97 Å². The van der Waals surface area contributed by atoms with Crippen molar-refractivity contribution in [2.45, 2.75) is 83.7 Å². The summed E-state index contributed by atoms with van der Waals surface area (Å²) in [5.74, 6) is -0.249. The highest BCUT2D eigenvalue weighted by Gasteiger charge is 2.28. The van der Waals surface area contributed by atoms with Crippen molar-refractivity contribution >= 4 is 29.4 Å². The van der Waals surface area contributed by atoms with Crippen molar-refractivity contribution in [3.63, 3.8) is 0 Å². The molecule has 1 unspecified atom stereocenters. The lowest BCUT2D eigenvalue weighted by Crippen LogP contribution is -2.29. The van der Waals surface area contributed by atoms with Gasteiger partial charge in [0.15, 0.2) is 0 Å². The van der Waals surface area contributed by atoms with E-state index in [1.54, 1.807) is 36.4 Å². The van der Waals surface area contributed by atoms with Crippen molar-refractivity contribution in [3.8, 4) is 5.75 Å². The molecule has 0 radical (unpaired) electrons. The van der Waals surface area contributed by atoms with E-state index in [4.69, 9.17) is 25.7 Å². The minimum atomic E-state index is -0.440. The summed E-state index contributed by atoms with van der Waals surface area (Å²) in [5, 5.41) is 0. The Kier molecular flexibility index (Phi) is 12.4. The molecule has 0 bridgehead atoms. The van der Waals surface area contributed by atoms with Crippen LogP contribution in [0, 0.1) is 5.92 Å². The fraction of sp³-hybridized carbons (Fsp3) is 0.500. The van der Waals surface area contributed by atoms with Gasteiger partial charge in [0.1, 0.15) is 5.75 Å². The molecule has 4 N–H and O–H groups in total. The first-order valence-corrected chi connectivity index (χ1v) is 14.3. The van der Waals surface area contributed by atoms with Crippen LogP contribution in [-0.4, -0.2) is 31.3 Å². The fourth-order valence-electron chi connectivity index (χ4n) is 4.77. The third kappa shape index (κ3) is 10.8. The Morgan fingerprint density at radius 2 is 1.62 bits per heavy atom. The van der Waals surface area contributed by atoms with Crippen molar-refractivity contribution < 1.29 is 23.8 Å². The molecule has 1 saturated carbocycles. The molecule has 212 valence electrons. The van der Waals surface area contributed by atoms with Gasteiger partial charge in [-0.25, -0.2) is 4.79 Å². The first-order chi connectivity index (χ1) is 18.8. The van der Waals surface area contributed by atoms with Crippen molar-refractivity contribution in [1.82, 2.24) is 0 Å². The number of anilines is 2. The quantitative estimate of drug-likeness (QED) is 0.0912. The van der Waals surface area contributed by atoms with Crippen molar-refractivity contribution in [3.05, 3.63) is 59.7 Å². The number of esters is 2. The van der Waals surface area contributed by atoms with E-state index in [0.717, 1.165) is 49.8 Å². The summed E-state index contributed by atoms with van der Waals surface area (Å²) >= 11 is 0. The maximum Gasteiger partial charge on any atom is 0.330 e. The first-order valence-electron chi connectivity index (χ1n) is 14.3. The Bertz CT molecular complexity index is 1050. The van der Waals surface area contributed by atoms with E-state index in [2.05, 4.69) is 6.92 Å². The number of hydrogen-bond donors (Lipinski definition) is 2. The molecule has 1 fully saturated rings. The normalized spacial score (nSPS) is 18.1. The van der Waals surface area contributed by atoms with Crippen molar-refractivity contribution in [2.24, 2.45) is 5.92 Å². The Morgan fingerprint density at radius 3 is 2.28 bits per heavy atom. The van der Waals surface area contributed by atoms with E-state index in [-0.39, 0.29) is 30.5 Å². The summed E-state index contributed by atoms with van der Waals surface area (Å²) in [6.07, 6.45) is 12.9. The predicted molar refractivity (Wildman–Crippen MR) is 156 cm³/mol. The third-order valence-corrected chi connectivity index (χ3v) is 7.16. The number of carbonyl (C=O) groups is 2. The highest BCUT2D eigenvalue weighted by Crippen LogP contribution is 2.28. The van der Waals surface area contributed by atoms with Crippen LogP contribution in [0.25, 0.3) is 6.08 Å². The molecular weight excluding hydrogens is 492 g/mol. The minimum Gasteiger partial charge on any atom is -0.462 e. The molecule has 1 aliphatic carbocycles. The highest BCUT2D eigenvalue weighted by atomic mass is 16.5. The summed E-state index contributed by atoms with van der Waals surface area (Å²) in [6, 6.07) is 12.4. The summed E-state index contributed by atoms with van der Waals surface area (Å²) in [6.45, 7) is 5.20. The SMILES string of the molecule is CCCCCCCOC1CCC(C(=O)Oc2ccc(C=CC(=O)OCC(C)c3cc(N)cc(N)c3)cc2)CC1. The molecule has 0 spiro atoms. The minimum absolute atomic E-state index is 0.0370. The van der Waals surface area contributed by atoms with E-state index in [1.165, 1.54) is 31.8 Å². The van der Waals surface area contributed by atoms with Crippen LogP contribution in [0.15, 0.2) is 48.5 Å². The summed E-state index contributed by atoms with van der Waals surface area (Å²) in [7, 11) is 0. The van der Waals surface area contributed by atoms with Gasteiger partial charge in [-0.15, -0.1) is 0 Å². The third-order valence-electron chi connectivity index (χ3n) is 7.16. The number of carbonyl (C=O) groups excluding carboxylic acids is 2. The number of nitrogen functional groups attached to an aromatic ring is 2. The van der Waals surface area contributed by atoms with Crippen LogP contribution in [-0.2, 0) is 19.1 Å². The summed E-state index contributed by atoms with van der Waals surface area (Å²) in [5.41, 5.74) is 14.6. The molecule has 0 saturated heterocycles. The molecule has 0 aliphatic heterocycles. The van der Waals surface area contributed by atoms with Gasteiger partial charge in [0.2, 0.25) is 0 Å². The van der Waals surface area contributed by atoms with E-state index in [0.29, 0.717) is 17.1 Å². The van der Waals surface area contributed by atoms with Crippen LogP contribution in [0.5, 0.6) is 5.75 Å². The number of benzene rings is 2. The molecule has 1 atom stereocenters. The van der Waals surface area contributed by atoms with E-state index in [9.17, 15) is 9.59 Å². The predicted octanol–water partition coefficient (Wildman–Crippen LogP) is 6.66. The second kappa shape index (κ2) is 15.9. The Morgan fingerprint density at radius 1 is 0.949 bits per heavy atom. The molecule has 39 heavy (non-hydrogen) atoms. The second-order valence-electron chi connectivity index (χ2n) is 10.5. The Labute approximate surface area is 232 Å². The molecule has 0 amide bonds. The van der Waals surface area contributed by atoms with Gasteiger partial charge in [0.05, 0.1) is 18.6 Å². The lowest BCUT2D eigenvalue weighted by Gasteiger charge is -2.27. The first kappa shape index (κ1) is 30.2. The molecular formula is C32H44N2O5. The van der Waals surface area contributed by atoms with Gasteiger partial charge in [0.25, 0.3) is 0 Å². The number of rotatable bonds is 14. The van der Waals surface area contributed by atoms with E-state index in [1.807, 2.05) is 19.1 Å². The topological polar surface area (TPSA) is 114 Å². The second-order valence-corrected chi connectivity index (χ2v) is 10.5. The molecule has 2 aromatic rings. The smallest absolute Gasteiger partial charge is 0.330 e. The number of nitrogens with two attached hydrogens (primary N) is 2. The maximum atomic E-state index is 12.6. The monoisotopic (exact) mass is 536 g/mol. The average molecular weight is 537 g/mol. The zero-order valence-corrected chi connectivity index (χ0v) is 23.4. The van der Waals surface area contributed by atoms with Crippen LogP contribution in [0.3, 0.4) is 0 Å². The van der Waals surface area contributed by atoms with Gasteiger partial charge < -0.3 is 25.7 Å². The zero-order valence-electron chi connectivity index (χ0n) is 23.4. The Balaban J connectivity index is 1.35. The number of hydrogen-bond acceptors (Lipinski definition) is 7. The van der Waals surface area contributed by atoms with Gasteiger partial charge >= 0.3 is 11.9 Å². The van der Waals surface area contributed by atoms with Gasteiger partial charge in [0, 0.05) is 30.0 Å². The molecule has 2 aromatic carbocycles. The molecule has 0 aromatic heterocycles. The fourth-order valence-corrected chi connectivity index (χ4v) is 4.77. The van der Waals surface area contributed by atoms with Crippen LogP contribution in [0.4, 0.5) is 11.4 Å². The molecule has 7 nitrogen and oxygen atoms in total. The highest BCUT2D eigenvalue weighted by molar-refractivity contribution is 5.87. The van der Waals surface area contributed by atoms with Crippen LogP contribution in [0.2, 0.25) is 0 Å². The average Bonchev–Trinajstić information content (AvgIpc) is 2.93. The molecule has 0 heterocycles. The molecule has 1 aliphatic rings. The van der Waals surface area contributed by atoms with Crippen LogP contribution in [0.1, 0.15) is 88.7 Å². The van der Waals surface area contributed by atoms with Gasteiger partial charge in [-0.3, -0.25) is 4.79 Å². The van der Waals surface area contributed by atoms with Gasteiger partial charge in [-0.2, -0.15) is 0 Å². The van der Waals surface area contributed by atoms with E-state index >= 15 is 0 Å².